The number of rotatable bonds is 3. The number of hydrogen-bond donors (Lipinski definition) is 0. The van der Waals surface area contributed by atoms with Crippen LogP contribution in [0, 0.1) is 0 Å². The Labute approximate surface area is 136 Å². The first-order valence-electron chi connectivity index (χ1n) is 8.14. The maximum atomic E-state index is 4.45. The van der Waals surface area contributed by atoms with Crippen molar-refractivity contribution in [1.82, 2.24) is 14.8 Å². The fraction of sp³-hybridized carbons (Fsp3) is 0.500. The molecule has 2 atom stereocenters. The summed E-state index contributed by atoms with van der Waals surface area (Å²) >= 11 is 1.77. The molecule has 0 radical (unpaired) electrons. The Balaban J connectivity index is 1.57. The van der Waals surface area contributed by atoms with E-state index >= 15 is 0 Å². The smallest absolute Gasteiger partial charge is 0.107 e. The normalized spacial score (nSPS) is 29.6. The average molecular weight is 313 g/mol. The van der Waals surface area contributed by atoms with Crippen molar-refractivity contribution in [2.75, 3.05) is 26.7 Å². The molecule has 116 valence electrons. The van der Waals surface area contributed by atoms with E-state index in [1.165, 1.54) is 30.9 Å². The molecule has 3 heterocycles. The van der Waals surface area contributed by atoms with Crippen LogP contribution in [0.3, 0.4) is 0 Å². The summed E-state index contributed by atoms with van der Waals surface area (Å²) in [5, 5.41) is 3.32. The van der Waals surface area contributed by atoms with E-state index in [-0.39, 0.29) is 0 Å². The maximum absolute atomic E-state index is 4.45. The van der Waals surface area contributed by atoms with Crippen molar-refractivity contribution in [2.45, 2.75) is 30.8 Å². The number of likely N-dealkylation sites (tertiary alicyclic amines) is 2. The number of piperidine rings is 1. The monoisotopic (exact) mass is 313 g/mol. The highest BCUT2D eigenvalue weighted by atomic mass is 32.1. The van der Waals surface area contributed by atoms with Crippen LogP contribution >= 0.6 is 11.3 Å². The minimum absolute atomic E-state index is 0.357. The summed E-state index contributed by atoms with van der Waals surface area (Å²) in [5.41, 5.74) is 1.90. The zero-order chi connectivity index (χ0) is 15.0. The summed E-state index contributed by atoms with van der Waals surface area (Å²) in [6.07, 6.45) is 4.47. The van der Waals surface area contributed by atoms with Gasteiger partial charge in [0, 0.05) is 29.6 Å². The summed E-state index contributed by atoms with van der Waals surface area (Å²) in [7, 11) is 2.29. The fourth-order valence-electron chi connectivity index (χ4n) is 4.34. The third kappa shape index (κ3) is 2.39. The minimum Gasteiger partial charge on any atom is -0.301 e. The molecule has 2 aliphatic heterocycles. The molecule has 0 aliphatic carbocycles. The van der Waals surface area contributed by atoms with E-state index in [1.54, 1.807) is 16.9 Å². The van der Waals surface area contributed by atoms with Gasteiger partial charge in [0.25, 0.3) is 0 Å². The summed E-state index contributed by atoms with van der Waals surface area (Å²) in [6, 6.07) is 11.8. The lowest BCUT2D eigenvalue weighted by atomic mass is 9.69. The van der Waals surface area contributed by atoms with Crippen LogP contribution in [-0.2, 0) is 12.0 Å². The highest BCUT2D eigenvalue weighted by Crippen LogP contribution is 2.45. The Morgan fingerprint density at radius 2 is 2.05 bits per heavy atom. The molecule has 2 aliphatic rings. The van der Waals surface area contributed by atoms with Gasteiger partial charge in [0.15, 0.2) is 0 Å². The molecular formula is C18H23N3S. The molecule has 0 saturated carbocycles. The number of benzene rings is 1. The van der Waals surface area contributed by atoms with Gasteiger partial charge in [-0.3, -0.25) is 4.90 Å². The lowest BCUT2D eigenvalue weighted by molar-refractivity contribution is 0.0916. The molecule has 4 rings (SSSR count). The van der Waals surface area contributed by atoms with Gasteiger partial charge in [-0.2, -0.15) is 0 Å². The van der Waals surface area contributed by atoms with E-state index < -0.39 is 0 Å². The number of thiazole rings is 1. The van der Waals surface area contributed by atoms with Crippen molar-refractivity contribution in [3.8, 4) is 0 Å². The molecule has 0 unspecified atom stereocenters. The molecule has 22 heavy (non-hydrogen) atoms. The van der Waals surface area contributed by atoms with E-state index in [9.17, 15) is 0 Å². The topological polar surface area (TPSA) is 19.4 Å². The van der Waals surface area contributed by atoms with Crippen molar-refractivity contribution >= 4 is 11.3 Å². The third-order valence-electron chi connectivity index (χ3n) is 5.58. The second-order valence-corrected chi connectivity index (χ2v) is 7.66. The number of fused-ring (bicyclic) bond motifs is 1. The van der Waals surface area contributed by atoms with Crippen LogP contribution in [-0.4, -0.2) is 47.5 Å². The van der Waals surface area contributed by atoms with Gasteiger partial charge in [-0.15, -0.1) is 11.3 Å². The zero-order valence-corrected chi connectivity index (χ0v) is 13.9. The lowest BCUT2D eigenvalue weighted by Crippen LogP contribution is -2.54. The van der Waals surface area contributed by atoms with Gasteiger partial charge in [-0.1, -0.05) is 30.3 Å². The highest BCUT2D eigenvalue weighted by molar-refractivity contribution is 7.09. The van der Waals surface area contributed by atoms with Gasteiger partial charge in [-0.05, 0) is 38.5 Å². The molecular weight excluding hydrogens is 290 g/mol. The van der Waals surface area contributed by atoms with Crippen LogP contribution in [0.1, 0.15) is 23.4 Å². The summed E-state index contributed by atoms with van der Waals surface area (Å²) in [5.74, 6) is 0. The highest BCUT2D eigenvalue weighted by Gasteiger charge is 2.49. The number of aromatic nitrogens is 1. The molecule has 0 spiro atoms. The standard InChI is InChI=1S/C18H23N3S/c1-20-10-7-18(15-5-3-2-4-6-15)8-11-21(13-16(18)20)14-17-19-9-12-22-17/h2-6,9,12,16H,7-8,10-11,13-14H2,1H3/t16-,18+/m1/s1. The van der Waals surface area contributed by atoms with E-state index in [4.69, 9.17) is 0 Å². The Kier molecular flexibility index (Phi) is 3.76. The summed E-state index contributed by atoms with van der Waals surface area (Å²) in [4.78, 5) is 9.61. The molecule has 3 nitrogen and oxygen atoms in total. The second-order valence-electron chi connectivity index (χ2n) is 6.68. The number of likely N-dealkylation sites (N-methyl/N-ethyl adjacent to an activating group) is 1. The molecule has 0 bridgehead atoms. The van der Waals surface area contributed by atoms with Crippen LogP contribution in [0.15, 0.2) is 41.9 Å². The molecule has 2 saturated heterocycles. The first-order chi connectivity index (χ1) is 10.8. The molecule has 2 fully saturated rings. The predicted octanol–water partition coefficient (Wildman–Crippen LogP) is 2.99. The molecule has 1 aromatic heterocycles. The average Bonchev–Trinajstić information content (AvgIpc) is 3.18. The second kappa shape index (κ2) is 5.76. The van der Waals surface area contributed by atoms with Crippen LogP contribution in [0.5, 0.6) is 0 Å². The quantitative estimate of drug-likeness (QED) is 0.868. The van der Waals surface area contributed by atoms with Gasteiger partial charge in [0.05, 0.1) is 6.54 Å². The summed E-state index contributed by atoms with van der Waals surface area (Å²) in [6.45, 7) is 4.56. The van der Waals surface area contributed by atoms with Crippen molar-refractivity contribution < 1.29 is 0 Å². The van der Waals surface area contributed by atoms with Gasteiger partial charge in [0.2, 0.25) is 0 Å². The van der Waals surface area contributed by atoms with E-state index in [2.05, 4.69) is 57.5 Å². The Bertz CT molecular complexity index is 613. The first kappa shape index (κ1) is 14.4. The van der Waals surface area contributed by atoms with Crippen molar-refractivity contribution in [1.29, 1.82) is 0 Å². The van der Waals surface area contributed by atoms with Crippen LogP contribution in [0.4, 0.5) is 0 Å². The van der Waals surface area contributed by atoms with Crippen molar-refractivity contribution in [2.24, 2.45) is 0 Å². The van der Waals surface area contributed by atoms with Gasteiger partial charge >= 0.3 is 0 Å². The molecule has 0 amide bonds. The molecule has 0 N–H and O–H groups in total. The van der Waals surface area contributed by atoms with Crippen LogP contribution in [0.25, 0.3) is 0 Å². The predicted molar refractivity (Wildman–Crippen MR) is 91.2 cm³/mol. The van der Waals surface area contributed by atoms with Crippen LogP contribution < -0.4 is 0 Å². The Morgan fingerprint density at radius 1 is 1.23 bits per heavy atom. The maximum Gasteiger partial charge on any atom is 0.107 e. The summed E-state index contributed by atoms with van der Waals surface area (Å²) < 4.78 is 0. The molecule has 1 aromatic carbocycles. The first-order valence-corrected chi connectivity index (χ1v) is 9.02. The fourth-order valence-corrected chi connectivity index (χ4v) is 4.99. The molecule has 4 heteroatoms. The minimum atomic E-state index is 0.357. The van der Waals surface area contributed by atoms with Crippen molar-refractivity contribution in [3.63, 3.8) is 0 Å². The van der Waals surface area contributed by atoms with Gasteiger partial charge in [0.1, 0.15) is 5.01 Å². The Morgan fingerprint density at radius 3 is 2.82 bits per heavy atom. The van der Waals surface area contributed by atoms with Crippen LogP contribution in [0.2, 0.25) is 0 Å². The van der Waals surface area contributed by atoms with E-state index in [1.807, 2.05) is 6.20 Å². The van der Waals surface area contributed by atoms with E-state index in [0.29, 0.717) is 11.5 Å². The third-order valence-corrected chi connectivity index (χ3v) is 6.34. The Hall–Kier alpha value is -1.23. The van der Waals surface area contributed by atoms with Gasteiger partial charge < -0.3 is 4.90 Å². The molecule has 2 aromatic rings. The lowest BCUT2D eigenvalue weighted by Gasteiger charge is -2.46. The largest absolute Gasteiger partial charge is 0.301 e. The van der Waals surface area contributed by atoms with Gasteiger partial charge in [-0.25, -0.2) is 4.98 Å². The SMILES string of the molecule is CN1CC[C@@]2(c3ccccc3)CCN(Cc3nccs3)C[C@@H]12. The van der Waals surface area contributed by atoms with E-state index in [0.717, 1.165) is 13.1 Å². The number of hydrogen-bond acceptors (Lipinski definition) is 4. The van der Waals surface area contributed by atoms with Crippen molar-refractivity contribution in [3.05, 3.63) is 52.5 Å². The number of nitrogens with zero attached hydrogens (tertiary/aromatic N) is 3. The zero-order valence-electron chi connectivity index (χ0n) is 13.1.